The van der Waals surface area contributed by atoms with Gasteiger partial charge in [-0.1, -0.05) is 29.8 Å². The molecule has 0 unspecified atom stereocenters. The third-order valence-corrected chi connectivity index (χ3v) is 4.27. The van der Waals surface area contributed by atoms with Crippen LogP contribution in [-0.2, 0) is 11.2 Å². The first-order valence-corrected chi connectivity index (χ1v) is 8.12. The average Bonchev–Trinajstić information content (AvgIpc) is 3.37. The molecule has 0 spiro atoms. The second-order valence-electron chi connectivity index (χ2n) is 5.89. The smallest absolute Gasteiger partial charge is 0.271 e. The Hall–Kier alpha value is -2.91. The minimum absolute atomic E-state index is 0.126. The molecule has 1 aromatic carbocycles. The van der Waals surface area contributed by atoms with Gasteiger partial charge in [0.2, 0.25) is 5.91 Å². The molecule has 2 aromatic rings. The van der Waals surface area contributed by atoms with E-state index in [4.69, 9.17) is 16.9 Å². The first-order valence-electron chi connectivity index (χ1n) is 7.74. The summed E-state index contributed by atoms with van der Waals surface area (Å²) in [6.45, 7) is 0. The van der Waals surface area contributed by atoms with Gasteiger partial charge in [0.1, 0.15) is 11.2 Å². The van der Waals surface area contributed by atoms with Gasteiger partial charge in [-0.15, -0.1) is 0 Å². The highest BCUT2D eigenvalue weighted by Gasteiger charge is 2.44. The zero-order valence-electron chi connectivity index (χ0n) is 13.3. The summed E-state index contributed by atoms with van der Waals surface area (Å²) in [5.41, 5.74) is 0.566. The van der Waals surface area contributed by atoms with Crippen molar-refractivity contribution in [2.45, 2.75) is 24.8 Å². The molecule has 0 aliphatic heterocycles. The maximum Gasteiger partial charge on any atom is 0.271 e. The molecule has 1 aliphatic rings. The number of nitrogens with zero attached hydrogens (tertiary/aromatic N) is 2. The number of benzene rings is 1. The molecule has 0 bridgehead atoms. The van der Waals surface area contributed by atoms with Crippen LogP contribution in [0.1, 0.15) is 28.9 Å². The molecule has 0 radical (unpaired) electrons. The largest absolute Gasteiger partial charge is 0.332 e. The van der Waals surface area contributed by atoms with Crippen LogP contribution in [0.15, 0.2) is 42.6 Å². The van der Waals surface area contributed by atoms with E-state index < -0.39 is 11.4 Å². The molecule has 2 N–H and O–H groups in total. The van der Waals surface area contributed by atoms with E-state index in [1.807, 2.05) is 6.07 Å². The first-order chi connectivity index (χ1) is 12.0. The molecule has 3 rings (SSSR count). The molecule has 2 amide bonds. The maximum atomic E-state index is 12.2. The molecule has 7 heteroatoms. The highest BCUT2D eigenvalue weighted by atomic mass is 35.5. The lowest BCUT2D eigenvalue weighted by Crippen LogP contribution is -2.36. The summed E-state index contributed by atoms with van der Waals surface area (Å²) in [6.07, 6.45) is 2.85. The third kappa shape index (κ3) is 4.14. The van der Waals surface area contributed by atoms with Crippen LogP contribution in [0.3, 0.4) is 0 Å². The number of amides is 2. The number of carbonyl (C=O) groups excluding carboxylic acids is 2. The molecule has 0 atom stereocenters. The van der Waals surface area contributed by atoms with Gasteiger partial charge in [0.25, 0.3) is 5.91 Å². The van der Waals surface area contributed by atoms with Gasteiger partial charge in [0.05, 0.1) is 12.5 Å². The van der Waals surface area contributed by atoms with Crippen molar-refractivity contribution in [3.63, 3.8) is 0 Å². The fraction of sp³-hybridized carbons (Fsp3) is 0.222. The van der Waals surface area contributed by atoms with Gasteiger partial charge in [0.15, 0.2) is 0 Å². The summed E-state index contributed by atoms with van der Waals surface area (Å²) >= 11 is 6.05. The predicted molar refractivity (Wildman–Crippen MR) is 93.1 cm³/mol. The molecule has 126 valence electrons. The molecule has 0 saturated heterocycles. The van der Waals surface area contributed by atoms with Crippen molar-refractivity contribution in [1.29, 1.82) is 5.26 Å². The Balaban J connectivity index is 1.65. The zero-order valence-corrected chi connectivity index (χ0v) is 14.0. The van der Waals surface area contributed by atoms with E-state index in [0.717, 1.165) is 5.56 Å². The molecule has 6 nitrogen and oxygen atoms in total. The Morgan fingerprint density at radius 1 is 1.28 bits per heavy atom. The summed E-state index contributed by atoms with van der Waals surface area (Å²) in [5.74, 6) is -0.678. The summed E-state index contributed by atoms with van der Waals surface area (Å²) in [5, 5.41) is 15.0. The van der Waals surface area contributed by atoms with E-state index >= 15 is 0 Å². The van der Waals surface area contributed by atoms with E-state index in [2.05, 4.69) is 21.7 Å². The molecule has 1 fully saturated rings. The fourth-order valence-electron chi connectivity index (χ4n) is 2.32. The van der Waals surface area contributed by atoms with Gasteiger partial charge in [-0.05, 0) is 36.6 Å². The minimum atomic E-state index is -0.762. The first kappa shape index (κ1) is 16.9. The van der Waals surface area contributed by atoms with Gasteiger partial charge >= 0.3 is 0 Å². The van der Waals surface area contributed by atoms with Crippen molar-refractivity contribution in [1.82, 2.24) is 10.3 Å². The van der Waals surface area contributed by atoms with Gasteiger partial charge in [-0.3, -0.25) is 14.6 Å². The predicted octanol–water partition coefficient (Wildman–Crippen LogP) is 2.70. The number of pyridine rings is 1. The summed E-state index contributed by atoms with van der Waals surface area (Å²) in [7, 11) is 0. The van der Waals surface area contributed by atoms with Crippen LogP contribution in [0.2, 0.25) is 5.02 Å². The van der Waals surface area contributed by atoms with E-state index in [1.54, 1.807) is 24.3 Å². The van der Waals surface area contributed by atoms with Crippen molar-refractivity contribution in [3.8, 4) is 6.07 Å². The van der Waals surface area contributed by atoms with E-state index in [-0.39, 0.29) is 18.0 Å². The molecular weight excluding hydrogens is 340 g/mol. The standard InChI is InChI=1S/C18H15ClN4O2/c19-14-4-2-1-3-12(14)9-16(24)22-13-5-8-21-15(10-13)17(25)23-18(11-20)6-7-18/h1-5,8,10H,6-7,9H2,(H,23,25)(H,21,22,24). The topological polar surface area (TPSA) is 94.9 Å². The third-order valence-electron chi connectivity index (χ3n) is 3.90. The van der Waals surface area contributed by atoms with E-state index in [1.165, 1.54) is 12.3 Å². The Morgan fingerprint density at radius 2 is 2.04 bits per heavy atom. The van der Waals surface area contributed by atoms with Gasteiger partial charge in [-0.2, -0.15) is 5.26 Å². The van der Waals surface area contributed by atoms with E-state index in [9.17, 15) is 9.59 Å². The fourth-order valence-corrected chi connectivity index (χ4v) is 2.53. The Bertz CT molecular complexity index is 871. The average molecular weight is 355 g/mol. The highest BCUT2D eigenvalue weighted by molar-refractivity contribution is 6.31. The number of aromatic nitrogens is 1. The Kier molecular flexibility index (Phi) is 4.68. The van der Waals surface area contributed by atoms with E-state index in [0.29, 0.717) is 23.6 Å². The second kappa shape index (κ2) is 6.91. The van der Waals surface area contributed by atoms with Crippen molar-refractivity contribution < 1.29 is 9.59 Å². The van der Waals surface area contributed by atoms with Crippen LogP contribution >= 0.6 is 11.6 Å². The second-order valence-corrected chi connectivity index (χ2v) is 6.30. The molecule has 1 aliphatic carbocycles. The van der Waals surface area contributed by atoms with Crippen LogP contribution in [0.4, 0.5) is 5.69 Å². The number of nitrogens with one attached hydrogen (secondary N) is 2. The van der Waals surface area contributed by atoms with Crippen LogP contribution in [-0.4, -0.2) is 22.3 Å². The van der Waals surface area contributed by atoms with Crippen LogP contribution in [0, 0.1) is 11.3 Å². The van der Waals surface area contributed by atoms with Crippen molar-refractivity contribution in [2.24, 2.45) is 0 Å². The van der Waals surface area contributed by atoms with Crippen molar-refractivity contribution >= 4 is 29.1 Å². The number of anilines is 1. The van der Waals surface area contributed by atoms with Gasteiger partial charge in [0, 0.05) is 16.9 Å². The van der Waals surface area contributed by atoms with Crippen LogP contribution in [0.5, 0.6) is 0 Å². The minimum Gasteiger partial charge on any atom is -0.332 e. The Labute approximate surface area is 149 Å². The van der Waals surface area contributed by atoms with Crippen molar-refractivity contribution in [2.75, 3.05) is 5.32 Å². The lowest BCUT2D eigenvalue weighted by Gasteiger charge is -2.10. The number of carbonyl (C=O) groups is 2. The lowest BCUT2D eigenvalue weighted by molar-refractivity contribution is -0.115. The van der Waals surface area contributed by atoms with Crippen LogP contribution in [0.25, 0.3) is 0 Å². The van der Waals surface area contributed by atoms with Crippen LogP contribution < -0.4 is 10.6 Å². The molecule has 1 saturated carbocycles. The maximum absolute atomic E-state index is 12.2. The number of rotatable bonds is 5. The number of hydrogen-bond acceptors (Lipinski definition) is 4. The lowest BCUT2D eigenvalue weighted by atomic mass is 10.1. The van der Waals surface area contributed by atoms with Crippen molar-refractivity contribution in [3.05, 3.63) is 58.9 Å². The number of hydrogen-bond donors (Lipinski definition) is 2. The zero-order chi connectivity index (χ0) is 17.9. The summed E-state index contributed by atoms with van der Waals surface area (Å²) in [6, 6.07) is 12.3. The highest BCUT2D eigenvalue weighted by Crippen LogP contribution is 2.34. The van der Waals surface area contributed by atoms with Gasteiger partial charge in [-0.25, -0.2) is 0 Å². The molecule has 1 aromatic heterocycles. The SMILES string of the molecule is N#CC1(NC(=O)c2cc(NC(=O)Cc3ccccc3Cl)ccn2)CC1. The number of halogens is 1. The molecule has 25 heavy (non-hydrogen) atoms. The molecule has 1 heterocycles. The summed E-state index contributed by atoms with van der Waals surface area (Å²) < 4.78 is 0. The normalized spacial score (nSPS) is 14.2. The quantitative estimate of drug-likeness (QED) is 0.863. The number of nitriles is 1. The van der Waals surface area contributed by atoms with Gasteiger partial charge < -0.3 is 10.6 Å². The molecular formula is C18H15ClN4O2. The summed E-state index contributed by atoms with van der Waals surface area (Å²) in [4.78, 5) is 28.3. The monoisotopic (exact) mass is 354 g/mol. The Morgan fingerprint density at radius 3 is 2.72 bits per heavy atom.